The minimum Gasteiger partial charge on any atom is -0.466 e. The average molecular weight is 455 g/mol. The van der Waals surface area contributed by atoms with Gasteiger partial charge >= 0.3 is 0 Å². The second kappa shape index (κ2) is 9.39. The molecule has 172 valence electrons. The number of anilines is 1. The third-order valence-corrected chi connectivity index (χ3v) is 5.89. The molecule has 7 nitrogen and oxygen atoms in total. The van der Waals surface area contributed by atoms with Crippen molar-refractivity contribution in [2.75, 3.05) is 31.1 Å². The van der Waals surface area contributed by atoms with Gasteiger partial charge in [0.25, 0.3) is 5.91 Å². The highest BCUT2D eigenvalue weighted by Crippen LogP contribution is 2.26. The summed E-state index contributed by atoms with van der Waals surface area (Å²) in [4.78, 5) is 26.1. The van der Waals surface area contributed by atoms with Gasteiger partial charge in [-0.05, 0) is 62.4 Å². The van der Waals surface area contributed by atoms with Crippen molar-refractivity contribution < 1.29 is 13.9 Å². The van der Waals surface area contributed by atoms with Crippen LogP contribution in [0.25, 0.3) is 11.3 Å². The maximum absolute atomic E-state index is 12.9. The number of aryl methyl sites for hydroxylation is 2. The fraction of sp³-hybridized carbons (Fsp3) is 0.222. The first kappa shape index (κ1) is 21.7. The van der Waals surface area contributed by atoms with Gasteiger partial charge in [-0.2, -0.15) is 0 Å². The number of piperazine rings is 1. The van der Waals surface area contributed by atoms with E-state index in [1.165, 1.54) is 0 Å². The summed E-state index contributed by atoms with van der Waals surface area (Å²) < 4.78 is 11.4. The van der Waals surface area contributed by atoms with E-state index in [4.69, 9.17) is 14.1 Å². The Morgan fingerprint density at radius 1 is 0.912 bits per heavy atom. The zero-order valence-electron chi connectivity index (χ0n) is 19.3. The highest BCUT2D eigenvalue weighted by Gasteiger charge is 2.26. The number of para-hydroxylation sites is 1. The van der Waals surface area contributed by atoms with Gasteiger partial charge in [-0.1, -0.05) is 18.2 Å². The molecule has 5 rings (SSSR count). The Morgan fingerprint density at radius 3 is 2.29 bits per heavy atom. The highest BCUT2D eigenvalue weighted by molar-refractivity contribution is 5.95. The van der Waals surface area contributed by atoms with Crippen LogP contribution < -0.4 is 9.64 Å². The molecule has 0 radical (unpaired) electrons. The lowest BCUT2D eigenvalue weighted by molar-refractivity contribution is 0.0744. The molecule has 0 bridgehead atoms. The van der Waals surface area contributed by atoms with E-state index in [-0.39, 0.29) is 5.91 Å². The van der Waals surface area contributed by atoms with Crippen molar-refractivity contribution in [1.82, 2.24) is 14.9 Å². The van der Waals surface area contributed by atoms with Crippen LogP contribution in [-0.4, -0.2) is 47.0 Å². The zero-order valence-corrected chi connectivity index (χ0v) is 19.3. The maximum Gasteiger partial charge on any atom is 0.257 e. The Hall–Kier alpha value is -4.13. The van der Waals surface area contributed by atoms with Crippen LogP contribution in [0.1, 0.15) is 21.9 Å². The van der Waals surface area contributed by atoms with E-state index in [9.17, 15) is 4.79 Å². The van der Waals surface area contributed by atoms with E-state index in [1.807, 2.05) is 85.5 Å². The van der Waals surface area contributed by atoms with Crippen molar-refractivity contribution in [2.45, 2.75) is 13.8 Å². The Labute approximate surface area is 198 Å². The first-order chi connectivity index (χ1) is 16.6. The van der Waals surface area contributed by atoms with Gasteiger partial charge in [0, 0.05) is 37.9 Å². The Balaban J connectivity index is 1.24. The topological polar surface area (TPSA) is 71.7 Å². The van der Waals surface area contributed by atoms with E-state index in [2.05, 4.69) is 9.88 Å². The molecule has 0 unspecified atom stereocenters. The number of rotatable bonds is 5. The third-order valence-electron chi connectivity index (χ3n) is 5.89. The SMILES string of the molecule is Cc1cc(C(=O)N2CCN(c3nccc(-c4ccc(Oc5ccccc5)cc4)n3)CC2)c(C)o1. The van der Waals surface area contributed by atoms with Gasteiger partial charge in [0.1, 0.15) is 23.0 Å². The lowest BCUT2D eigenvalue weighted by atomic mass is 10.1. The van der Waals surface area contributed by atoms with Crippen LogP contribution in [0, 0.1) is 13.8 Å². The van der Waals surface area contributed by atoms with E-state index in [0.717, 1.165) is 28.5 Å². The summed E-state index contributed by atoms with van der Waals surface area (Å²) in [5.74, 6) is 3.68. The van der Waals surface area contributed by atoms with Crippen LogP contribution in [0.4, 0.5) is 5.95 Å². The van der Waals surface area contributed by atoms with Gasteiger partial charge in [0.2, 0.25) is 5.95 Å². The fourth-order valence-corrected chi connectivity index (χ4v) is 4.10. The number of furan rings is 1. The minimum absolute atomic E-state index is 0.0153. The summed E-state index contributed by atoms with van der Waals surface area (Å²) >= 11 is 0. The molecule has 1 aliphatic heterocycles. The molecule has 3 heterocycles. The van der Waals surface area contributed by atoms with Gasteiger partial charge in [-0.15, -0.1) is 0 Å². The van der Waals surface area contributed by atoms with Gasteiger partial charge in [0.05, 0.1) is 11.3 Å². The molecular formula is C27H26N4O3. The standard InChI is InChI=1S/C27H26N4O3/c1-19-18-24(20(2)33-19)26(32)30-14-16-31(17-15-30)27-28-13-12-25(29-27)21-8-10-23(11-9-21)34-22-6-4-3-5-7-22/h3-13,18H,14-17H2,1-2H3. The molecule has 0 saturated carbocycles. The monoisotopic (exact) mass is 454 g/mol. The molecule has 4 aromatic rings. The number of carbonyl (C=O) groups is 1. The van der Waals surface area contributed by atoms with Crippen molar-refractivity contribution in [3.63, 3.8) is 0 Å². The first-order valence-electron chi connectivity index (χ1n) is 11.3. The van der Waals surface area contributed by atoms with E-state index >= 15 is 0 Å². The number of benzene rings is 2. The largest absolute Gasteiger partial charge is 0.466 e. The van der Waals surface area contributed by atoms with Crippen LogP contribution in [0.3, 0.4) is 0 Å². The molecule has 2 aromatic heterocycles. The average Bonchev–Trinajstić information content (AvgIpc) is 3.22. The van der Waals surface area contributed by atoms with Crippen LogP contribution in [0.2, 0.25) is 0 Å². The number of nitrogens with zero attached hydrogens (tertiary/aromatic N) is 4. The van der Waals surface area contributed by atoms with Crippen molar-refractivity contribution in [3.05, 3.63) is 90.0 Å². The Bertz CT molecular complexity index is 1280. The van der Waals surface area contributed by atoms with Gasteiger partial charge < -0.3 is 19.0 Å². The summed E-state index contributed by atoms with van der Waals surface area (Å²) in [6.07, 6.45) is 1.78. The molecular weight excluding hydrogens is 428 g/mol. The molecule has 1 fully saturated rings. The number of amides is 1. The summed E-state index contributed by atoms with van der Waals surface area (Å²) in [6.45, 7) is 6.26. The normalized spacial score (nSPS) is 13.7. The zero-order chi connectivity index (χ0) is 23.5. The quantitative estimate of drug-likeness (QED) is 0.417. The number of ether oxygens (including phenoxy) is 1. The number of hydrogen-bond acceptors (Lipinski definition) is 6. The van der Waals surface area contributed by atoms with Crippen molar-refractivity contribution in [3.8, 4) is 22.8 Å². The van der Waals surface area contributed by atoms with Crippen LogP contribution in [0.15, 0.2) is 77.3 Å². The summed E-state index contributed by atoms with van der Waals surface area (Å²) in [7, 11) is 0. The van der Waals surface area contributed by atoms with Crippen LogP contribution in [-0.2, 0) is 0 Å². The lowest BCUT2D eigenvalue weighted by Gasteiger charge is -2.34. The molecule has 7 heteroatoms. The van der Waals surface area contributed by atoms with E-state index < -0.39 is 0 Å². The first-order valence-corrected chi connectivity index (χ1v) is 11.3. The van der Waals surface area contributed by atoms with Crippen molar-refractivity contribution in [1.29, 1.82) is 0 Å². The fourth-order valence-electron chi connectivity index (χ4n) is 4.10. The predicted molar refractivity (Wildman–Crippen MR) is 130 cm³/mol. The number of aromatic nitrogens is 2. The Kier molecular flexibility index (Phi) is 5.99. The maximum atomic E-state index is 12.9. The van der Waals surface area contributed by atoms with E-state index in [0.29, 0.717) is 43.5 Å². The van der Waals surface area contributed by atoms with Crippen molar-refractivity contribution in [2.24, 2.45) is 0 Å². The van der Waals surface area contributed by atoms with Gasteiger partial charge in [-0.3, -0.25) is 4.79 Å². The summed E-state index contributed by atoms with van der Waals surface area (Å²) in [6, 6.07) is 21.3. The number of carbonyl (C=O) groups excluding carboxylic acids is 1. The van der Waals surface area contributed by atoms with Gasteiger partial charge in [0.15, 0.2) is 0 Å². The molecule has 0 aliphatic carbocycles. The smallest absolute Gasteiger partial charge is 0.257 e. The second-order valence-corrected chi connectivity index (χ2v) is 8.29. The summed E-state index contributed by atoms with van der Waals surface area (Å²) in [5, 5.41) is 0. The van der Waals surface area contributed by atoms with Crippen LogP contribution >= 0.6 is 0 Å². The molecule has 34 heavy (non-hydrogen) atoms. The molecule has 1 amide bonds. The highest BCUT2D eigenvalue weighted by atomic mass is 16.5. The Morgan fingerprint density at radius 2 is 1.62 bits per heavy atom. The molecule has 0 spiro atoms. The van der Waals surface area contributed by atoms with Crippen LogP contribution in [0.5, 0.6) is 11.5 Å². The molecule has 0 N–H and O–H groups in total. The summed E-state index contributed by atoms with van der Waals surface area (Å²) in [5.41, 5.74) is 2.48. The molecule has 1 aliphatic rings. The van der Waals surface area contributed by atoms with E-state index in [1.54, 1.807) is 6.20 Å². The second-order valence-electron chi connectivity index (χ2n) is 8.29. The molecule has 1 saturated heterocycles. The van der Waals surface area contributed by atoms with Crippen molar-refractivity contribution >= 4 is 11.9 Å². The van der Waals surface area contributed by atoms with Gasteiger partial charge in [-0.25, -0.2) is 9.97 Å². The molecule has 2 aromatic carbocycles. The lowest BCUT2D eigenvalue weighted by Crippen LogP contribution is -2.49. The number of hydrogen-bond donors (Lipinski definition) is 0. The third kappa shape index (κ3) is 4.64. The molecule has 0 atom stereocenters. The minimum atomic E-state index is 0.0153. The predicted octanol–water partition coefficient (Wildman–Crippen LogP) is 5.11.